The first kappa shape index (κ1) is 12.2. The van der Waals surface area contributed by atoms with Gasteiger partial charge >= 0.3 is 0 Å². The maximum atomic E-state index is 11.3. The molecule has 1 fully saturated rings. The normalized spacial score (nSPS) is 28.1. The Morgan fingerprint density at radius 1 is 1.44 bits per heavy atom. The number of pyridine rings is 1. The van der Waals surface area contributed by atoms with Crippen LogP contribution >= 0.6 is 23.4 Å². The highest BCUT2D eigenvalue weighted by atomic mass is 35.5. The third-order valence-corrected chi connectivity index (χ3v) is 5.66. The summed E-state index contributed by atoms with van der Waals surface area (Å²) in [6.07, 6.45) is 0.687. The van der Waals surface area contributed by atoms with Crippen LogP contribution < -0.4 is 0 Å². The van der Waals surface area contributed by atoms with Crippen LogP contribution in [0.4, 0.5) is 0 Å². The zero-order valence-corrected chi connectivity index (χ0v) is 10.6. The van der Waals surface area contributed by atoms with Gasteiger partial charge in [-0.3, -0.25) is 0 Å². The number of sulfone groups is 1. The van der Waals surface area contributed by atoms with Crippen LogP contribution in [-0.2, 0) is 9.84 Å². The Kier molecular flexibility index (Phi) is 3.44. The summed E-state index contributed by atoms with van der Waals surface area (Å²) in [7, 11) is -3.10. The van der Waals surface area contributed by atoms with Crippen molar-refractivity contribution in [3.8, 4) is 0 Å². The number of hydrogen-bond donors (Lipinski definition) is 1. The molecule has 1 saturated heterocycles. The average molecular weight is 280 g/mol. The lowest BCUT2D eigenvalue weighted by Gasteiger charge is -2.10. The van der Waals surface area contributed by atoms with Crippen molar-refractivity contribution in [1.29, 1.82) is 0 Å². The quantitative estimate of drug-likeness (QED) is 0.874. The molecule has 0 aliphatic carbocycles. The Bertz CT molecular complexity index is 474. The van der Waals surface area contributed by atoms with E-state index in [1.54, 1.807) is 12.1 Å². The molecular weight excluding hydrogens is 270 g/mol. The van der Waals surface area contributed by atoms with Crippen molar-refractivity contribution in [2.75, 3.05) is 11.5 Å². The Balaban J connectivity index is 2.08. The van der Waals surface area contributed by atoms with Gasteiger partial charge in [-0.1, -0.05) is 23.4 Å². The molecule has 0 spiro atoms. The fourth-order valence-electron chi connectivity index (χ4n) is 1.50. The summed E-state index contributed by atoms with van der Waals surface area (Å²) >= 11 is 6.96. The average Bonchev–Trinajstić information content (AvgIpc) is 2.44. The van der Waals surface area contributed by atoms with Crippen molar-refractivity contribution in [3.05, 3.63) is 23.4 Å². The summed E-state index contributed by atoms with van der Waals surface area (Å²) in [4.78, 5) is 4.05. The Hall–Kier alpha value is -0.300. The Morgan fingerprint density at radius 2 is 2.19 bits per heavy atom. The number of nitrogens with zero attached hydrogens (tertiary/aromatic N) is 1. The van der Waals surface area contributed by atoms with E-state index in [2.05, 4.69) is 4.98 Å². The van der Waals surface area contributed by atoms with Gasteiger partial charge in [0.05, 0.1) is 32.9 Å². The minimum absolute atomic E-state index is 0.00311. The van der Waals surface area contributed by atoms with Gasteiger partial charge in [0.15, 0.2) is 9.84 Å². The molecular formula is C9H10ClNO3S2. The monoisotopic (exact) mass is 279 g/mol. The first-order chi connectivity index (χ1) is 7.46. The molecule has 0 aromatic carbocycles. The second kappa shape index (κ2) is 4.52. The highest BCUT2D eigenvalue weighted by Gasteiger charge is 2.37. The second-order valence-corrected chi connectivity index (χ2v) is 7.46. The van der Waals surface area contributed by atoms with E-state index in [1.165, 1.54) is 18.0 Å². The summed E-state index contributed by atoms with van der Waals surface area (Å²) in [6, 6.07) is 3.40. The van der Waals surface area contributed by atoms with Gasteiger partial charge in [-0.25, -0.2) is 13.4 Å². The third-order valence-electron chi connectivity index (χ3n) is 2.24. The lowest BCUT2D eigenvalue weighted by Crippen LogP contribution is -2.19. The van der Waals surface area contributed by atoms with E-state index in [4.69, 9.17) is 11.6 Å². The summed E-state index contributed by atoms with van der Waals surface area (Å²) in [5, 5.41) is 10.5. The number of rotatable bonds is 2. The van der Waals surface area contributed by atoms with E-state index in [-0.39, 0.29) is 16.8 Å². The Labute approximate surface area is 103 Å². The van der Waals surface area contributed by atoms with Crippen LogP contribution in [0.2, 0.25) is 5.02 Å². The van der Waals surface area contributed by atoms with Crippen LogP contribution in [-0.4, -0.2) is 41.4 Å². The van der Waals surface area contributed by atoms with E-state index in [0.717, 1.165) is 0 Å². The van der Waals surface area contributed by atoms with Crippen LogP contribution in [0.5, 0.6) is 0 Å². The van der Waals surface area contributed by atoms with Crippen molar-refractivity contribution in [2.24, 2.45) is 0 Å². The van der Waals surface area contributed by atoms with Gasteiger partial charge < -0.3 is 5.11 Å². The number of aromatic nitrogens is 1. The van der Waals surface area contributed by atoms with Crippen molar-refractivity contribution < 1.29 is 13.5 Å². The molecule has 2 atom stereocenters. The fourth-order valence-corrected chi connectivity index (χ4v) is 5.06. The minimum Gasteiger partial charge on any atom is -0.391 e. The number of aliphatic hydroxyl groups is 1. The highest BCUT2D eigenvalue weighted by molar-refractivity contribution is 8.01. The number of halogens is 1. The largest absolute Gasteiger partial charge is 0.391 e. The molecule has 2 unspecified atom stereocenters. The Morgan fingerprint density at radius 3 is 2.69 bits per heavy atom. The second-order valence-electron chi connectivity index (χ2n) is 3.62. The lowest BCUT2D eigenvalue weighted by atomic mass is 10.3. The molecule has 1 aliphatic heterocycles. The van der Waals surface area contributed by atoms with Crippen LogP contribution in [0.3, 0.4) is 0 Å². The van der Waals surface area contributed by atoms with Crippen molar-refractivity contribution in [3.63, 3.8) is 0 Å². The number of hydrogen-bond acceptors (Lipinski definition) is 5. The standard InChI is InChI=1S/C9H10ClNO3S2/c10-6-1-2-9(11-3-6)15-8-5-16(13,14)4-7(8)12/h1-3,7-8,12H,4-5H2. The van der Waals surface area contributed by atoms with Crippen LogP contribution in [0, 0.1) is 0 Å². The molecule has 88 valence electrons. The number of aliphatic hydroxyl groups excluding tert-OH is 1. The molecule has 0 bridgehead atoms. The zero-order valence-electron chi connectivity index (χ0n) is 8.21. The van der Waals surface area contributed by atoms with Gasteiger partial charge in [0.2, 0.25) is 0 Å². The van der Waals surface area contributed by atoms with E-state index in [0.29, 0.717) is 10.0 Å². The van der Waals surface area contributed by atoms with E-state index < -0.39 is 15.9 Å². The van der Waals surface area contributed by atoms with Gasteiger partial charge in [0.25, 0.3) is 0 Å². The first-order valence-corrected chi connectivity index (χ1v) is 7.71. The molecule has 1 aromatic rings. The van der Waals surface area contributed by atoms with Gasteiger partial charge in [-0.05, 0) is 12.1 Å². The molecule has 2 rings (SSSR count). The zero-order chi connectivity index (χ0) is 11.8. The SMILES string of the molecule is O=S1(=O)CC(O)C(Sc2ccc(Cl)cn2)C1. The smallest absolute Gasteiger partial charge is 0.154 e. The van der Waals surface area contributed by atoms with Crippen LogP contribution in [0.15, 0.2) is 23.4 Å². The molecule has 1 aliphatic rings. The van der Waals surface area contributed by atoms with Gasteiger partial charge in [-0.15, -0.1) is 0 Å². The maximum absolute atomic E-state index is 11.3. The molecule has 16 heavy (non-hydrogen) atoms. The van der Waals surface area contributed by atoms with Crippen molar-refractivity contribution in [2.45, 2.75) is 16.4 Å². The number of thioether (sulfide) groups is 1. The molecule has 1 aromatic heterocycles. The van der Waals surface area contributed by atoms with Crippen LogP contribution in [0.25, 0.3) is 0 Å². The topological polar surface area (TPSA) is 67.3 Å². The third kappa shape index (κ3) is 2.88. The summed E-state index contributed by atoms with van der Waals surface area (Å²) < 4.78 is 22.6. The predicted octanol–water partition coefficient (Wildman–Crippen LogP) is 0.985. The fraction of sp³-hybridized carbons (Fsp3) is 0.444. The maximum Gasteiger partial charge on any atom is 0.154 e. The highest BCUT2D eigenvalue weighted by Crippen LogP contribution is 2.30. The molecule has 0 radical (unpaired) electrons. The van der Waals surface area contributed by atoms with Crippen molar-refractivity contribution >= 4 is 33.2 Å². The molecule has 0 amide bonds. The van der Waals surface area contributed by atoms with Crippen LogP contribution in [0.1, 0.15) is 0 Å². The minimum atomic E-state index is -3.10. The summed E-state index contributed by atoms with van der Waals surface area (Å²) in [6.45, 7) is 0. The van der Waals surface area contributed by atoms with E-state index in [9.17, 15) is 13.5 Å². The summed E-state index contributed by atoms with van der Waals surface area (Å²) in [5.41, 5.74) is 0. The van der Waals surface area contributed by atoms with Gasteiger partial charge in [0.1, 0.15) is 0 Å². The van der Waals surface area contributed by atoms with Gasteiger partial charge in [-0.2, -0.15) is 0 Å². The molecule has 4 nitrogen and oxygen atoms in total. The molecule has 2 heterocycles. The molecule has 1 N–H and O–H groups in total. The first-order valence-electron chi connectivity index (χ1n) is 4.63. The van der Waals surface area contributed by atoms with E-state index in [1.807, 2.05) is 0 Å². The predicted molar refractivity (Wildman–Crippen MR) is 63.6 cm³/mol. The summed E-state index contributed by atoms with van der Waals surface area (Å²) in [5.74, 6) is -0.151. The van der Waals surface area contributed by atoms with Crippen molar-refractivity contribution in [1.82, 2.24) is 4.98 Å². The van der Waals surface area contributed by atoms with E-state index >= 15 is 0 Å². The van der Waals surface area contributed by atoms with Gasteiger partial charge in [0, 0.05) is 6.20 Å². The molecule has 0 saturated carbocycles. The lowest BCUT2D eigenvalue weighted by molar-refractivity contribution is 0.207. The molecule has 7 heteroatoms.